The third kappa shape index (κ3) is 2.86. The molecule has 0 saturated carbocycles. The van der Waals surface area contributed by atoms with E-state index in [9.17, 15) is 4.39 Å². The van der Waals surface area contributed by atoms with E-state index in [0.717, 1.165) is 0 Å². The minimum Gasteiger partial charge on any atom is -0.489 e. The molecule has 1 rings (SSSR count). The second-order valence-electron chi connectivity index (χ2n) is 2.74. The van der Waals surface area contributed by atoms with Crippen molar-refractivity contribution in [2.75, 3.05) is 6.54 Å². The molecule has 0 aliphatic rings. The number of benzene rings is 1. The molecule has 4 heteroatoms. The van der Waals surface area contributed by atoms with Crippen LogP contribution in [-0.4, -0.2) is 12.6 Å². The Kier molecular flexibility index (Phi) is 3.51. The van der Waals surface area contributed by atoms with Crippen LogP contribution in [0.5, 0.6) is 5.75 Å². The summed E-state index contributed by atoms with van der Waals surface area (Å²) in [6, 6.07) is 4.31. The van der Waals surface area contributed by atoms with Crippen LogP contribution in [0.15, 0.2) is 18.2 Å². The topological polar surface area (TPSA) is 35.2 Å². The third-order valence-corrected chi connectivity index (χ3v) is 1.87. The fraction of sp³-hybridized carbons (Fsp3) is 0.333. The van der Waals surface area contributed by atoms with E-state index in [0.29, 0.717) is 12.3 Å². The molecule has 0 saturated heterocycles. The zero-order valence-corrected chi connectivity index (χ0v) is 8.01. The Hall–Kier alpha value is -0.800. The predicted molar refractivity (Wildman–Crippen MR) is 50.6 cm³/mol. The summed E-state index contributed by atoms with van der Waals surface area (Å²) in [5.41, 5.74) is 5.34. The van der Waals surface area contributed by atoms with Crippen LogP contribution in [0.3, 0.4) is 0 Å². The molecule has 0 aromatic heterocycles. The minimum atomic E-state index is -0.483. The molecule has 2 nitrogen and oxygen atoms in total. The van der Waals surface area contributed by atoms with Crippen LogP contribution in [0.2, 0.25) is 5.02 Å². The molecule has 0 spiro atoms. The average Bonchev–Trinajstić information content (AvgIpc) is 2.11. The zero-order valence-electron chi connectivity index (χ0n) is 7.26. The van der Waals surface area contributed by atoms with Gasteiger partial charge in [0.2, 0.25) is 0 Å². The van der Waals surface area contributed by atoms with Gasteiger partial charge in [0.1, 0.15) is 17.7 Å². The lowest BCUT2D eigenvalue weighted by molar-refractivity contribution is 0.229. The summed E-state index contributed by atoms with van der Waals surface area (Å²) in [6.07, 6.45) is -0.124. The molecule has 0 radical (unpaired) electrons. The number of ether oxygens (including phenoxy) is 1. The smallest absolute Gasteiger partial charge is 0.145 e. The van der Waals surface area contributed by atoms with E-state index in [2.05, 4.69) is 0 Å². The van der Waals surface area contributed by atoms with Crippen LogP contribution in [0.4, 0.5) is 4.39 Å². The highest BCUT2D eigenvalue weighted by Gasteiger charge is 2.04. The molecule has 0 aliphatic carbocycles. The Morgan fingerprint density at radius 1 is 1.62 bits per heavy atom. The van der Waals surface area contributed by atoms with E-state index < -0.39 is 5.82 Å². The molecule has 0 aliphatic heterocycles. The number of rotatable bonds is 3. The first-order chi connectivity index (χ1) is 6.13. The summed E-state index contributed by atoms with van der Waals surface area (Å²) in [5.74, 6) is -0.0387. The van der Waals surface area contributed by atoms with E-state index in [1.54, 1.807) is 6.07 Å². The van der Waals surface area contributed by atoms with Gasteiger partial charge in [0.05, 0.1) is 5.02 Å². The Morgan fingerprint density at radius 3 is 2.85 bits per heavy atom. The fourth-order valence-corrected chi connectivity index (χ4v) is 0.948. The van der Waals surface area contributed by atoms with E-state index in [1.807, 2.05) is 6.92 Å². The molecule has 1 aromatic carbocycles. The van der Waals surface area contributed by atoms with Gasteiger partial charge in [-0.05, 0) is 19.1 Å². The van der Waals surface area contributed by atoms with Crippen LogP contribution in [0.1, 0.15) is 6.92 Å². The molecule has 0 fully saturated rings. The van der Waals surface area contributed by atoms with Gasteiger partial charge in [-0.25, -0.2) is 4.39 Å². The first-order valence-corrected chi connectivity index (χ1v) is 4.33. The van der Waals surface area contributed by atoms with E-state index >= 15 is 0 Å². The van der Waals surface area contributed by atoms with E-state index in [4.69, 9.17) is 22.1 Å². The Labute approximate surface area is 81.4 Å². The predicted octanol–water partition coefficient (Wildman–Crippen LogP) is 2.21. The van der Waals surface area contributed by atoms with Gasteiger partial charge in [0.25, 0.3) is 0 Å². The lowest BCUT2D eigenvalue weighted by Crippen LogP contribution is -2.22. The first kappa shape index (κ1) is 10.3. The van der Waals surface area contributed by atoms with Crippen LogP contribution >= 0.6 is 11.6 Å². The summed E-state index contributed by atoms with van der Waals surface area (Å²) < 4.78 is 18.2. The van der Waals surface area contributed by atoms with Gasteiger partial charge in [-0.1, -0.05) is 11.6 Å². The van der Waals surface area contributed by atoms with Crippen molar-refractivity contribution < 1.29 is 9.13 Å². The number of halogens is 2. The van der Waals surface area contributed by atoms with Crippen molar-refractivity contribution >= 4 is 11.6 Å². The second kappa shape index (κ2) is 4.44. The highest BCUT2D eigenvalue weighted by atomic mass is 35.5. The highest BCUT2D eigenvalue weighted by molar-refractivity contribution is 6.30. The lowest BCUT2D eigenvalue weighted by Gasteiger charge is -2.12. The molecular weight excluding hydrogens is 193 g/mol. The molecule has 1 aromatic rings. The van der Waals surface area contributed by atoms with Crippen molar-refractivity contribution in [1.29, 1.82) is 0 Å². The Bertz CT molecular complexity index is 293. The number of nitrogens with two attached hydrogens (primary N) is 1. The van der Waals surface area contributed by atoms with Gasteiger partial charge in [-0.3, -0.25) is 0 Å². The third-order valence-electron chi connectivity index (χ3n) is 1.56. The molecule has 72 valence electrons. The molecule has 1 unspecified atom stereocenters. The summed E-state index contributed by atoms with van der Waals surface area (Å²) >= 11 is 5.50. The van der Waals surface area contributed by atoms with Crippen molar-refractivity contribution in [1.82, 2.24) is 0 Å². The Morgan fingerprint density at radius 2 is 2.31 bits per heavy atom. The quantitative estimate of drug-likeness (QED) is 0.818. The summed E-state index contributed by atoms with van der Waals surface area (Å²) in [4.78, 5) is 0. The van der Waals surface area contributed by atoms with E-state index in [1.165, 1.54) is 12.1 Å². The summed E-state index contributed by atoms with van der Waals surface area (Å²) in [5, 5.41) is 0.0905. The van der Waals surface area contributed by atoms with Gasteiger partial charge in [-0.15, -0.1) is 0 Å². The molecule has 0 heterocycles. The number of hydrogen-bond donors (Lipinski definition) is 1. The lowest BCUT2D eigenvalue weighted by atomic mass is 10.3. The average molecular weight is 204 g/mol. The molecule has 0 bridgehead atoms. The fourth-order valence-electron chi connectivity index (χ4n) is 0.831. The molecule has 2 N–H and O–H groups in total. The maximum Gasteiger partial charge on any atom is 0.145 e. The van der Waals surface area contributed by atoms with Gasteiger partial charge in [0.15, 0.2) is 0 Å². The van der Waals surface area contributed by atoms with Crippen molar-refractivity contribution in [3.63, 3.8) is 0 Å². The summed E-state index contributed by atoms with van der Waals surface area (Å²) in [6.45, 7) is 2.21. The first-order valence-electron chi connectivity index (χ1n) is 3.95. The normalized spacial score (nSPS) is 12.6. The van der Waals surface area contributed by atoms with Crippen molar-refractivity contribution in [2.45, 2.75) is 13.0 Å². The molecule has 13 heavy (non-hydrogen) atoms. The van der Waals surface area contributed by atoms with E-state index in [-0.39, 0.29) is 11.1 Å². The zero-order chi connectivity index (χ0) is 9.84. The monoisotopic (exact) mass is 203 g/mol. The van der Waals surface area contributed by atoms with Crippen LogP contribution in [0, 0.1) is 5.82 Å². The Balaban J connectivity index is 2.73. The molecule has 0 amide bonds. The van der Waals surface area contributed by atoms with Gasteiger partial charge in [-0.2, -0.15) is 0 Å². The standard InChI is InChI=1S/C9H11ClFNO/c1-6(5-12)13-7-2-3-8(10)9(11)4-7/h2-4,6H,5,12H2,1H3. The maximum atomic E-state index is 12.9. The SMILES string of the molecule is CC(CN)Oc1ccc(Cl)c(F)c1. The molecule has 1 atom stereocenters. The summed E-state index contributed by atoms with van der Waals surface area (Å²) in [7, 11) is 0. The van der Waals surface area contributed by atoms with Gasteiger partial charge in [0, 0.05) is 12.6 Å². The van der Waals surface area contributed by atoms with Crippen molar-refractivity contribution in [2.24, 2.45) is 5.73 Å². The second-order valence-corrected chi connectivity index (χ2v) is 3.15. The van der Waals surface area contributed by atoms with Gasteiger partial charge >= 0.3 is 0 Å². The highest BCUT2D eigenvalue weighted by Crippen LogP contribution is 2.20. The maximum absolute atomic E-state index is 12.9. The van der Waals surface area contributed by atoms with Crippen LogP contribution in [-0.2, 0) is 0 Å². The number of hydrogen-bond acceptors (Lipinski definition) is 2. The van der Waals surface area contributed by atoms with Gasteiger partial charge < -0.3 is 10.5 Å². The van der Waals surface area contributed by atoms with Crippen LogP contribution < -0.4 is 10.5 Å². The minimum absolute atomic E-state index is 0.0905. The van der Waals surface area contributed by atoms with Crippen molar-refractivity contribution in [3.8, 4) is 5.75 Å². The largest absolute Gasteiger partial charge is 0.489 e. The van der Waals surface area contributed by atoms with Crippen molar-refractivity contribution in [3.05, 3.63) is 29.0 Å². The molecular formula is C9H11ClFNO. The van der Waals surface area contributed by atoms with Crippen LogP contribution in [0.25, 0.3) is 0 Å².